The Balaban J connectivity index is 2.50. The molecule has 0 saturated heterocycles. The monoisotopic (exact) mass is 635 g/mol. The van der Waals surface area contributed by atoms with Gasteiger partial charge in [0, 0.05) is 6.61 Å². The summed E-state index contributed by atoms with van der Waals surface area (Å²) in [6.07, 6.45) is 30.7. The van der Waals surface area contributed by atoms with Crippen LogP contribution in [0.15, 0.2) is 85.0 Å². The molecule has 1 amide bonds. The first-order chi connectivity index (χ1) is 22.2. The van der Waals surface area contributed by atoms with Gasteiger partial charge in [0.25, 0.3) is 5.91 Å². The van der Waals surface area contributed by atoms with E-state index < -0.39 is 23.6 Å². The topological polar surface area (TPSA) is 102 Å². The van der Waals surface area contributed by atoms with Crippen molar-refractivity contribution in [2.75, 3.05) is 6.61 Å². The van der Waals surface area contributed by atoms with Crippen molar-refractivity contribution in [3.05, 3.63) is 90.6 Å². The number of nitrogens with one attached hydrogen (secondary N) is 1. The van der Waals surface area contributed by atoms with Crippen LogP contribution in [0.4, 0.5) is 0 Å². The maximum absolute atomic E-state index is 13.5. The largest absolute Gasteiger partial charge is 0.478 e. The zero-order valence-corrected chi connectivity index (χ0v) is 28.7. The van der Waals surface area contributed by atoms with E-state index in [0.717, 1.165) is 51.4 Å². The van der Waals surface area contributed by atoms with Gasteiger partial charge in [-0.1, -0.05) is 108 Å². The molecule has 1 aromatic rings. The van der Waals surface area contributed by atoms with Gasteiger partial charge in [0.2, 0.25) is 0 Å². The average molecular weight is 636 g/mol. The molecule has 0 spiro atoms. The first-order valence-corrected chi connectivity index (χ1v) is 16.9. The number of allylic oxidation sites excluding steroid dienone is 10. The Labute approximate surface area is 277 Å². The summed E-state index contributed by atoms with van der Waals surface area (Å²) in [5.74, 6) is -2.22. The van der Waals surface area contributed by atoms with E-state index in [-0.39, 0.29) is 23.1 Å². The minimum Gasteiger partial charge on any atom is -0.478 e. The van der Waals surface area contributed by atoms with Crippen LogP contribution in [-0.4, -0.2) is 41.2 Å². The van der Waals surface area contributed by atoms with E-state index in [0.29, 0.717) is 25.9 Å². The Bertz CT molecular complexity index is 1170. The normalized spacial score (nSPS) is 13.2. The fraction of sp³-hybridized carbons (Fsp3) is 0.513. The zero-order chi connectivity index (χ0) is 34.0. The molecule has 1 aromatic carbocycles. The van der Waals surface area contributed by atoms with E-state index >= 15 is 0 Å². The summed E-state index contributed by atoms with van der Waals surface area (Å²) in [5.41, 5.74) is -1.18. The summed E-state index contributed by atoms with van der Waals surface area (Å²) in [6.45, 7) is 10.3. The molecular formula is C39H57NO6. The van der Waals surface area contributed by atoms with Gasteiger partial charge in [0.15, 0.2) is 0 Å². The van der Waals surface area contributed by atoms with Crippen molar-refractivity contribution in [2.24, 2.45) is 5.92 Å². The maximum Gasteiger partial charge on any atom is 0.339 e. The summed E-state index contributed by atoms with van der Waals surface area (Å²) in [5, 5.41) is 12.3. The number of hydrogen-bond acceptors (Lipinski definition) is 5. The van der Waals surface area contributed by atoms with E-state index in [1.165, 1.54) is 12.1 Å². The second-order valence-corrected chi connectivity index (χ2v) is 11.6. The van der Waals surface area contributed by atoms with Gasteiger partial charge < -0.3 is 19.9 Å². The summed E-state index contributed by atoms with van der Waals surface area (Å²) < 4.78 is 11.6. The van der Waals surface area contributed by atoms with Crippen molar-refractivity contribution in [2.45, 2.75) is 117 Å². The van der Waals surface area contributed by atoms with Crippen molar-refractivity contribution in [1.82, 2.24) is 5.32 Å². The first kappa shape index (κ1) is 40.3. The van der Waals surface area contributed by atoms with Crippen LogP contribution in [0.1, 0.15) is 116 Å². The molecule has 254 valence electrons. The van der Waals surface area contributed by atoms with Gasteiger partial charge in [-0.3, -0.25) is 4.79 Å². The number of carboxylic acid groups (broad SMARTS) is 1. The number of rotatable bonds is 24. The zero-order valence-electron chi connectivity index (χ0n) is 28.7. The molecule has 1 rings (SSSR count). The molecule has 0 aliphatic heterocycles. The van der Waals surface area contributed by atoms with Crippen LogP contribution in [-0.2, 0) is 14.3 Å². The SMILES string of the molecule is CCC=CCC=CCC=CCC=CCC=CCCCCOC(CC)(CC)C(=O)NC(CC(C)C)C(=O)Oc1ccccc1C(=O)O. The average Bonchev–Trinajstić information content (AvgIpc) is 3.03. The lowest BCUT2D eigenvalue weighted by atomic mass is 9.94. The minimum absolute atomic E-state index is 0.0518. The van der Waals surface area contributed by atoms with E-state index in [1.807, 2.05) is 27.7 Å². The fourth-order valence-electron chi connectivity index (χ4n) is 4.73. The van der Waals surface area contributed by atoms with Crippen LogP contribution >= 0.6 is 0 Å². The second-order valence-electron chi connectivity index (χ2n) is 11.6. The predicted octanol–water partition coefficient (Wildman–Crippen LogP) is 9.32. The molecule has 7 nitrogen and oxygen atoms in total. The quantitative estimate of drug-likeness (QED) is 0.0508. The van der Waals surface area contributed by atoms with Crippen molar-refractivity contribution >= 4 is 17.8 Å². The van der Waals surface area contributed by atoms with Crippen LogP contribution in [0, 0.1) is 5.92 Å². The van der Waals surface area contributed by atoms with Crippen molar-refractivity contribution in [1.29, 1.82) is 0 Å². The van der Waals surface area contributed by atoms with Crippen LogP contribution < -0.4 is 10.1 Å². The van der Waals surface area contributed by atoms with E-state index in [4.69, 9.17) is 9.47 Å². The number of hydrogen-bond donors (Lipinski definition) is 2. The number of carboxylic acids is 1. The van der Waals surface area contributed by atoms with Gasteiger partial charge >= 0.3 is 11.9 Å². The Hall–Kier alpha value is -3.71. The molecule has 46 heavy (non-hydrogen) atoms. The third-order valence-electron chi connectivity index (χ3n) is 7.48. The van der Waals surface area contributed by atoms with Crippen molar-refractivity contribution < 1.29 is 29.0 Å². The summed E-state index contributed by atoms with van der Waals surface area (Å²) in [6, 6.07) is 5.02. The smallest absolute Gasteiger partial charge is 0.339 e. The highest BCUT2D eigenvalue weighted by molar-refractivity contribution is 5.93. The predicted molar refractivity (Wildman–Crippen MR) is 188 cm³/mol. The molecule has 1 unspecified atom stereocenters. The van der Waals surface area contributed by atoms with E-state index in [2.05, 4.69) is 73.0 Å². The number of unbranched alkanes of at least 4 members (excludes halogenated alkanes) is 2. The lowest BCUT2D eigenvalue weighted by molar-refractivity contribution is -0.153. The van der Waals surface area contributed by atoms with Gasteiger partial charge in [-0.05, 0) is 88.7 Å². The third-order valence-corrected chi connectivity index (χ3v) is 7.48. The molecule has 2 N–H and O–H groups in total. The Morgan fingerprint density at radius 1 is 0.804 bits per heavy atom. The van der Waals surface area contributed by atoms with Gasteiger partial charge in [-0.25, -0.2) is 9.59 Å². The van der Waals surface area contributed by atoms with Crippen LogP contribution in [0.25, 0.3) is 0 Å². The molecule has 0 bridgehead atoms. The van der Waals surface area contributed by atoms with Gasteiger partial charge in [0.05, 0.1) is 0 Å². The number of aromatic carboxylic acids is 1. The number of esters is 1. The van der Waals surface area contributed by atoms with E-state index in [9.17, 15) is 19.5 Å². The number of para-hydroxylation sites is 1. The standard InChI is InChI=1S/C39H57NO6/c1-6-9-10-11-12-13-14-15-16-17-18-19-20-21-22-23-24-27-30-45-39(7-2,8-3)38(44)40-34(31-32(4)5)37(43)46-35-29-26-25-28-33(35)36(41)42/h9-10,12-13,15-16,18-19,21-22,25-26,28-29,32,34H,6-8,11,14,17,20,23-24,27,30-31H2,1-5H3,(H,40,44)(H,41,42). The highest BCUT2D eigenvalue weighted by atomic mass is 16.5. The second kappa shape index (κ2) is 24.5. The molecule has 0 heterocycles. The lowest BCUT2D eigenvalue weighted by Gasteiger charge is -2.32. The molecule has 0 saturated carbocycles. The molecule has 0 fully saturated rings. The van der Waals surface area contributed by atoms with Crippen LogP contribution in [0.5, 0.6) is 5.75 Å². The lowest BCUT2D eigenvalue weighted by Crippen LogP contribution is -2.54. The number of carbonyl (C=O) groups excluding carboxylic acids is 2. The number of ether oxygens (including phenoxy) is 2. The van der Waals surface area contributed by atoms with Crippen LogP contribution in [0.2, 0.25) is 0 Å². The van der Waals surface area contributed by atoms with E-state index in [1.54, 1.807) is 12.1 Å². The molecule has 7 heteroatoms. The van der Waals surface area contributed by atoms with Crippen molar-refractivity contribution in [3.8, 4) is 5.75 Å². The van der Waals surface area contributed by atoms with Crippen LogP contribution in [0.3, 0.4) is 0 Å². The van der Waals surface area contributed by atoms with Crippen molar-refractivity contribution in [3.63, 3.8) is 0 Å². The van der Waals surface area contributed by atoms with Gasteiger partial charge in [-0.15, -0.1) is 0 Å². The summed E-state index contributed by atoms with van der Waals surface area (Å²) in [4.78, 5) is 38.2. The summed E-state index contributed by atoms with van der Waals surface area (Å²) >= 11 is 0. The fourth-order valence-corrected chi connectivity index (χ4v) is 4.73. The maximum atomic E-state index is 13.5. The molecule has 1 atom stereocenters. The number of carbonyl (C=O) groups is 3. The third kappa shape index (κ3) is 16.6. The highest BCUT2D eigenvalue weighted by Gasteiger charge is 2.38. The molecule has 0 aliphatic carbocycles. The highest BCUT2D eigenvalue weighted by Crippen LogP contribution is 2.24. The molecular weight excluding hydrogens is 578 g/mol. The number of benzene rings is 1. The molecule has 0 radical (unpaired) electrons. The first-order valence-electron chi connectivity index (χ1n) is 16.9. The molecule has 0 aromatic heterocycles. The summed E-state index contributed by atoms with van der Waals surface area (Å²) in [7, 11) is 0. The van der Waals surface area contributed by atoms with Gasteiger partial charge in [-0.2, -0.15) is 0 Å². The molecule has 0 aliphatic rings. The minimum atomic E-state index is -1.20. The Kier molecular flexibility index (Phi) is 21.5. The number of amides is 1. The van der Waals surface area contributed by atoms with Gasteiger partial charge in [0.1, 0.15) is 23.0 Å². The Morgan fingerprint density at radius 2 is 1.35 bits per heavy atom. The Morgan fingerprint density at radius 3 is 1.87 bits per heavy atom.